The molecule has 4 rings (SSSR count). The van der Waals surface area contributed by atoms with Crippen LogP contribution < -0.4 is 15.4 Å². The molecule has 1 aliphatic heterocycles. The van der Waals surface area contributed by atoms with Crippen molar-refractivity contribution < 1.29 is 41.0 Å². The third-order valence-corrected chi connectivity index (χ3v) is 9.82. The zero-order valence-corrected chi connectivity index (χ0v) is 26.7. The van der Waals surface area contributed by atoms with E-state index in [2.05, 4.69) is 10.6 Å². The van der Waals surface area contributed by atoms with Crippen LogP contribution >= 0.6 is 0 Å². The molecule has 3 atom stereocenters. The molecule has 0 bridgehead atoms. The van der Waals surface area contributed by atoms with Crippen LogP contribution in [-0.2, 0) is 27.4 Å². The molecule has 14 heteroatoms. The van der Waals surface area contributed by atoms with Crippen molar-refractivity contribution in [1.29, 1.82) is 0 Å². The molecule has 0 unspecified atom stereocenters. The van der Waals surface area contributed by atoms with Crippen LogP contribution in [-0.4, -0.2) is 73.6 Å². The fraction of sp³-hybridized carbons (Fsp3) is 0.375. The minimum Gasteiger partial charge on any atom is -0.488 e. The average molecular weight is 663 g/mol. The van der Waals surface area contributed by atoms with Gasteiger partial charge in [-0.05, 0) is 61.9 Å². The largest absolute Gasteiger partial charge is 0.488 e. The Labute approximate surface area is 266 Å². The zero-order chi connectivity index (χ0) is 33.8. The van der Waals surface area contributed by atoms with E-state index in [1.807, 2.05) is 6.92 Å². The summed E-state index contributed by atoms with van der Waals surface area (Å²) in [4.78, 5) is 27.9. The van der Waals surface area contributed by atoms with Crippen LogP contribution in [0.2, 0.25) is 0 Å². The molecule has 0 radical (unpaired) electrons. The second kappa shape index (κ2) is 14.1. The Morgan fingerprint density at radius 3 is 2.41 bits per heavy atom. The number of nitrogens with zero attached hydrogens (tertiary/aromatic N) is 2. The summed E-state index contributed by atoms with van der Waals surface area (Å²) in [5, 5.41) is 14.8. The van der Waals surface area contributed by atoms with Gasteiger partial charge in [0, 0.05) is 36.4 Å². The molecule has 0 aromatic heterocycles. The number of amides is 3. The van der Waals surface area contributed by atoms with E-state index >= 15 is 0 Å². The number of carbonyl (C=O) groups is 2. The van der Waals surface area contributed by atoms with Crippen molar-refractivity contribution >= 4 is 33.3 Å². The van der Waals surface area contributed by atoms with Gasteiger partial charge in [-0.1, -0.05) is 31.2 Å². The van der Waals surface area contributed by atoms with Crippen molar-refractivity contribution in [2.45, 2.75) is 50.4 Å². The van der Waals surface area contributed by atoms with E-state index in [4.69, 9.17) is 4.74 Å². The Morgan fingerprint density at radius 2 is 1.76 bits per heavy atom. The lowest BCUT2D eigenvalue weighted by atomic mass is 10.0. The first-order valence-electron chi connectivity index (χ1n) is 14.6. The summed E-state index contributed by atoms with van der Waals surface area (Å²) in [5.41, 5.74) is 0.239. The number of halogens is 3. The van der Waals surface area contributed by atoms with E-state index in [-0.39, 0.29) is 54.2 Å². The first kappa shape index (κ1) is 34.7. The zero-order valence-electron chi connectivity index (χ0n) is 25.8. The topological polar surface area (TPSA) is 128 Å². The van der Waals surface area contributed by atoms with Crippen LogP contribution in [0, 0.1) is 12.8 Å². The minimum absolute atomic E-state index is 0.0494. The summed E-state index contributed by atoms with van der Waals surface area (Å²) in [6.45, 7) is 5.08. The number of rotatable bonds is 8. The van der Waals surface area contributed by atoms with E-state index in [0.717, 1.165) is 12.1 Å². The average Bonchev–Trinajstić information content (AvgIpc) is 3.03. The summed E-state index contributed by atoms with van der Waals surface area (Å²) in [6, 6.07) is 14.1. The maximum atomic E-state index is 13.5. The number of sulfonamides is 1. The van der Waals surface area contributed by atoms with Crippen LogP contribution in [0.15, 0.2) is 71.6 Å². The fourth-order valence-electron chi connectivity index (χ4n) is 5.16. The van der Waals surface area contributed by atoms with Crippen molar-refractivity contribution in [3.63, 3.8) is 0 Å². The Morgan fingerprint density at radius 1 is 1.09 bits per heavy atom. The van der Waals surface area contributed by atoms with Gasteiger partial charge in [0.25, 0.3) is 0 Å². The Bertz CT molecular complexity index is 1680. The molecule has 0 saturated heterocycles. The molecule has 0 aliphatic carbocycles. The summed E-state index contributed by atoms with van der Waals surface area (Å²) in [6.07, 6.45) is -5.45. The predicted molar refractivity (Wildman–Crippen MR) is 167 cm³/mol. The van der Waals surface area contributed by atoms with Crippen LogP contribution in [0.4, 0.5) is 29.3 Å². The number of aliphatic hydroxyl groups excluding tert-OH is 1. The van der Waals surface area contributed by atoms with Gasteiger partial charge in [-0.25, -0.2) is 13.2 Å². The summed E-state index contributed by atoms with van der Waals surface area (Å²) in [5.74, 6) is -0.381. The number of likely N-dealkylation sites (N-methyl/N-ethyl adjacent to an activating group) is 1. The Balaban J connectivity index is 1.61. The third-order valence-electron chi connectivity index (χ3n) is 7.84. The lowest BCUT2D eigenvalue weighted by Crippen LogP contribution is -2.48. The second-order valence-electron chi connectivity index (χ2n) is 11.4. The maximum absolute atomic E-state index is 13.5. The SMILES string of the molecule is Cc1ccccc1S(=O)(=O)N(C)C[C@@H]1Oc2ccc(NC(=O)Nc3cccc(C(F)(F)F)c3)cc2CC(=O)N([C@@H](C)CO)C[C@@H]1C. The molecular weight excluding hydrogens is 625 g/mol. The highest BCUT2D eigenvalue weighted by molar-refractivity contribution is 7.89. The smallest absolute Gasteiger partial charge is 0.416 e. The first-order chi connectivity index (χ1) is 21.6. The van der Waals surface area contributed by atoms with Crippen LogP contribution in [0.1, 0.15) is 30.5 Å². The molecule has 1 aliphatic rings. The number of alkyl halides is 3. The molecule has 3 aromatic rings. The molecule has 0 saturated carbocycles. The number of hydrogen-bond acceptors (Lipinski definition) is 6. The number of nitrogens with one attached hydrogen (secondary N) is 2. The lowest BCUT2D eigenvalue weighted by Gasteiger charge is -2.34. The number of aliphatic hydroxyl groups is 1. The van der Waals surface area contributed by atoms with Gasteiger partial charge in [-0.2, -0.15) is 17.5 Å². The van der Waals surface area contributed by atoms with Crippen molar-refractivity contribution in [1.82, 2.24) is 9.21 Å². The molecule has 1 heterocycles. The van der Waals surface area contributed by atoms with E-state index in [9.17, 15) is 36.3 Å². The Hall–Kier alpha value is -4.14. The number of anilines is 2. The lowest BCUT2D eigenvalue weighted by molar-refractivity contribution is -0.137. The fourth-order valence-corrected chi connectivity index (χ4v) is 6.56. The first-order valence-corrected chi connectivity index (χ1v) is 16.0. The molecule has 3 N–H and O–H groups in total. The summed E-state index contributed by atoms with van der Waals surface area (Å²) in [7, 11) is -2.43. The second-order valence-corrected chi connectivity index (χ2v) is 13.4. The number of ether oxygens (including phenoxy) is 1. The highest BCUT2D eigenvalue weighted by Crippen LogP contribution is 2.32. The Kier molecular flexibility index (Phi) is 10.6. The number of aryl methyl sites for hydroxylation is 1. The molecule has 0 fully saturated rings. The van der Waals surface area contributed by atoms with Crippen molar-refractivity contribution in [2.24, 2.45) is 5.92 Å². The predicted octanol–water partition coefficient (Wildman–Crippen LogP) is 5.13. The number of urea groups is 1. The van der Waals surface area contributed by atoms with Gasteiger partial charge in [0.05, 0.1) is 36.1 Å². The van der Waals surface area contributed by atoms with Crippen molar-refractivity contribution in [2.75, 3.05) is 37.4 Å². The van der Waals surface area contributed by atoms with Gasteiger partial charge in [0.15, 0.2) is 0 Å². The van der Waals surface area contributed by atoms with Crippen LogP contribution in [0.3, 0.4) is 0 Å². The number of carbonyl (C=O) groups excluding carboxylic acids is 2. The van der Waals surface area contributed by atoms with Crippen molar-refractivity contribution in [3.05, 3.63) is 83.4 Å². The maximum Gasteiger partial charge on any atom is 0.416 e. The normalized spacial score (nSPS) is 18.1. The van der Waals surface area contributed by atoms with E-state index < -0.39 is 39.9 Å². The van der Waals surface area contributed by atoms with Gasteiger partial charge in [0.1, 0.15) is 11.9 Å². The van der Waals surface area contributed by atoms with Gasteiger partial charge < -0.3 is 25.4 Å². The van der Waals surface area contributed by atoms with Crippen LogP contribution in [0.5, 0.6) is 5.75 Å². The number of fused-ring (bicyclic) bond motifs is 1. The molecule has 248 valence electrons. The number of benzene rings is 3. The standard InChI is InChI=1S/C32H37F3N4O6S/c1-20-8-5-6-11-29(20)46(43,44)38(4)18-28-21(2)17-39(22(3)19-40)30(41)15-23-14-26(12-13-27(23)45-28)37-31(42)36-25-10-7-9-24(16-25)32(33,34)35/h5-14,16,21-22,28,40H,15,17-19H2,1-4H3,(H2,36,37,42)/t21-,22-,28-/m0/s1. The molecular formula is C32H37F3N4O6S. The summed E-state index contributed by atoms with van der Waals surface area (Å²) >= 11 is 0. The molecule has 46 heavy (non-hydrogen) atoms. The quantitative estimate of drug-likeness (QED) is 0.307. The molecule has 0 spiro atoms. The third kappa shape index (κ3) is 8.17. The van der Waals surface area contributed by atoms with Gasteiger partial charge in [0.2, 0.25) is 15.9 Å². The highest BCUT2D eigenvalue weighted by atomic mass is 32.2. The summed E-state index contributed by atoms with van der Waals surface area (Å²) < 4.78 is 73.9. The van der Waals surface area contributed by atoms with E-state index in [0.29, 0.717) is 16.9 Å². The van der Waals surface area contributed by atoms with E-state index in [1.54, 1.807) is 38.1 Å². The number of hydrogen-bond donors (Lipinski definition) is 3. The molecule has 3 aromatic carbocycles. The van der Waals surface area contributed by atoms with Gasteiger partial charge >= 0.3 is 12.2 Å². The van der Waals surface area contributed by atoms with Crippen molar-refractivity contribution in [3.8, 4) is 5.75 Å². The minimum atomic E-state index is -4.58. The van der Waals surface area contributed by atoms with Gasteiger partial charge in [-0.3, -0.25) is 4.79 Å². The van der Waals surface area contributed by atoms with E-state index in [1.165, 1.54) is 46.6 Å². The molecule has 3 amide bonds. The van der Waals surface area contributed by atoms with Crippen LogP contribution in [0.25, 0.3) is 0 Å². The van der Waals surface area contributed by atoms with Gasteiger partial charge in [-0.15, -0.1) is 0 Å². The molecule has 10 nitrogen and oxygen atoms in total. The highest BCUT2D eigenvalue weighted by Gasteiger charge is 2.34. The monoisotopic (exact) mass is 662 g/mol.